The first-order chi connectivity index (χ1) is 8.59. The number of ether oxygens (including phenoxy) is 2. The zero-order chi connectivity index (χ0) is 13.2. The third-order valence-corrected chi connectivity index (χ3v) is 2.72. The molecule has 18 heavy (non-hydrogen) atoms. The number of rotatable bonds is 5. The quantitative estimate of drug-likeness (QED) is 0.454. The molecule has 0 amide bonds. The lowest BCUT2D eigenvalue weighted by molar-refractivity contribution is -0.386. The third kappa shape index (κ3) is 2.27. The van der Waals surface area contributed by atoms with Gasteiger partial charge in [-0.3, -0.25) is 10.1 Å². The molecule has 0 unspecified atom stereocenters. The lowest BCUT2D eigenvalue weighted by atomic mass is 10.3. The fraction of sp³-hybridized carbons (Fsp3) is 0.417. The fourth-order valence-electron chi connectivity index (χ4n) is 1.63. The zero-order valence-corrected chi connectivity index (χ0v) is 9.92. The minimum atomic E-state index is -1.03. The van der Waals surface area contributed by atoms with Crippen molar-refractivity contribution in [1.82, 2.24) is 0 Å². The number of hydrogen-bond donors (Lipinski definition) is 0. The van der Waals surface area contributed by atoms with Crippen molar-refractivity contribution in [2.75, 3.05) is 6.61 Å². The number of nitro groups is 1. The van der Waals surface area contributed by atoms with Crippen LogP contribution in [0, 0.1) is 10.1 Å². The first kappa shape index (κ1) is 12.3. The summed E-state index contributed by atoms with van der Waals surface area (Å²) in [5.41, 5.74) is -1.17. The molecule has 1 aromatic rings. The number of esters is 1. The molecule has 0 aromatic heterocycles. The van der Waals surface area contributed by atoms with Crippen molar-refractivity contribution in [3.63, 3.8) is 0 Å². The first-order valence-electron chi connectivity index (χ1n) is 5.69. The Bertz CT molecular complexity index is 481. The van der Waals surface area contributed by atoms with Gasteiger partial charge in [0, 0.05) is 18.9 Å². The highest BCUT2D eigenvalue weighted by Gasteiger charge is 2.55. The Labute approximate surface area is 104 Å². The van der Waals surface area contributed by atoms with E-state index >= 15 is 0 Å². The van der Waals surface area contributed by atoms with E-state index in [1.54, 1.807) is 19.1 Å². The van der Waals surface area contributed by atoms with Crippen molar-refractivity contribution < 1.29 is 19.2 Å². The van der Waals surface area contributed by atoms with Crippen LogP contribution in [0.2, 0.25) is 0 Å². The topological polar surface area (TPSA) is 78.7 Å². The molecule has 96 valence electrons. The van der Waals surface area contributed by atoms with Gasteiger partial charge in [-0.05, 0) is 13.0 Å². The lowest BCUT2D eigenvalue weighted by Crippen LogP contribution is -2.31. The summed E-state index contributed by atoms with van der Waals surface area (Å²) < 4.78 is 10.4. The van der Waals surface area contributed by atoms with E-state index in [2.05, 4.69) is 0 Å². The first-order valence-corrected chi connectivity index (χ1v) is 5.69. The predicted octanol–water partition coefficient (Wildman–Crippen LogP) is 2.07. The smallest absolute Gasteiger partial charge is 0.350 e. The Morgan fingerprint density at radius 3 is 2.67 bits per heavy atom. The van der Waals surface area contributed by atoms with Gasteiger partial charge in [0.05, 0.1) is 11.5 Å². The standard InChI is InChI=1S/C12H13NO5/c1-2-17-11(14)12(7-8-12)18-10-6-4-3-5-9(10)13(15)16/h3-6H,2,7-8H2,1H3. The van der Waals surface area contributed by atoms with Gasteiger partial charge < -0.3 is 9.47 Å². The van der Waals surface area contributed by atoms with Crippen LogP contribution >= 0.6 is 0 Å². The van der Waals surface area contributed by atoms with E-state index in [4.69, 9.17) is 9.47 Å². The van der Waals surface area contributed by atoms with Crippen LogP contribution in [-0.2, 0) is 9.53 Å². The van der Waals surface area contributed by atoms with Gasteiger partial charge >= 0.3 is 11.7 Å². The minimum Gasteiger partial charge on any atom is -0.468 e. The third-order valence-electron chi connectivity index (χ3n) is 2.72. The van der Waals surface area contributed by atoms with Crippen LogP contribution in [0.3, 0.4) is 0 Å². The summed E-state index contributed by atoms with van der Waals surface area (Å²) in [6.07, 6.45) is 1.05. The van der Waals surface area contributed by atoms with E-state index in [1.165, 1.54) is 12.1 Å². The second-order valence-corrected chi connectivity index (χ2v) is 4.04. The van der Waals surface area contributed by atoms with Crippen LogP contribution in [-0.4, -0.2) is 23.1 Å². The Kier molecular flexibility index (Phi) is 3.18. The monoisotopic (exact) mass is 251 g/mol. The number of carbonyl (C=O) groups is 1. The molecule has 0 spiro atoms. The fourth-order valence-corrected chi connectivity index (χ4v) is 1.63. The van der Waals surface area contributed by atoms with Crippen LogP contribution in [0.1, 0.15) is 19.8 Å². The Balaban J connectivity index is 2.19. The van der Waals surface area contributed by atoms with Gasteiger partial charge in [0.2, 0.25) is 5.60 Å². The van der Waals surface area contributed by atoms with Gasteiger partial charge in [0.1, 0.15) is 0 Å². The molecule has 0 heterocycles. The molecule has 1 aromatic carbocycles. The van der Waals surface area contributed by atoms with Crippen LogP contribution in [0.15, 0.2) is 24.3 Å². The average molecular weight is 251 g/mol. The molecule has 6 nitrogen and oxygen atoms in total. The molecule has 1 fully saturated rings. The van der Waals surface area contributed by atoms with E-state index in [1.807, 2.05) is 0 Å². The van der Waals surface area contributed by atoms with Gasteiger partial charge in [-0.15, -0.1) is 0 Å². The molecule has 0 bridgehead atoms. The van der Waals surface area contributed by atoms with Crippen molar-refractivity contribution >= 4 is 11.7 Å². The molecule has 1 saturated carbocycles. The summed E-state index contributed by atoms with van der Waals surface area (Å²) in [5, 5.41) is 10.8. The van der Waals surface area contributed by atoms with Crippen LogP contribution in [0.4, 0.5) is 5.69 Å². The Morgan fingerprint density at radius 1 is 1.44 bits per heavy atom. The molecule has 0 saturated heterocycles. The highest BCUT2D eigenvalue weighted by atomic mass is 16.6. The van der Waals surface area contributed by atoms with Crippen molar-refractivity contribution in [3.8, 4) is 5.75 Å². The number of carbonyl (C=O) groups excluding carboxylic acids is 1. The summed E-state index contributed by atoms with van der Waals surface area (Å²) in [5.74, 6) is -0.351. The molecular formula is C12H13NO5. The number of hydrogen-bond acceptors (Lipinski definition) is 5. The minimum absolute atomic E-state index is 0.105. The molecule has 0 N–H and O–H groups in total. The summed E-state index contributed by atoms with van der Waals surface area (Å²) in [6.45, 7) is 1.97. The molecule has 6 heteroatoms. The van der Waals surface area contributed by atoms with E-state index in [-0.39, 0.29) is 18.0 Å². The molecular weight excluding hydrogens is 238 g/mol. The number of nitro benzene ring substituents is 1. The largest absolute Gasteiger partial charge is 0.468 e. The molecule has 0 atom stereocenters. The molecule has 2 rings (SSSR count). The second kappa shape index (κ2) is 4.64. The SMILES string of the molecule is CCOC(=O)C1(Oc2ccccc2[N+](=O)[O-])CC1. The molecule has 1 aliphatic rings. The van der Waals surface area contributed by atoms with Gasteiger partial charge in [0.25, 0.3) is 0 Å². The van der Waals surface area contributed by atoms with Crippen molar-refractivity contribution in [2.24, 2.45) is 0 Å². The summed E-state index contributed by atoms with van der Waals surface area (Å²) in [6, 6.07) is 6.01. The van der Waals surface area contributed by atoms with Crippen LogP contribution in [0.25, 0.3) is 0 Å². The maximum Gasteiger partial charge on any atom is 0.350 e. The molecule has 0 radical (unpaired) electrons. The van der Waals surface area contributed by atoms with Gasteiger partial charge in [-0.2, -0.15) is 0 Å². The number of benzene rings is 1. The van der Waals surface area contributed by atoms with E-state index < -0.39 is 16.5 Å². The lowest BCUT2D eigenvalue weighted by Gasteiger charge is -2.16. The van der Waals surface area contributed by atoms with Crippen LogP contribution < -0.4 is 4.74 Å². The van der Waals surface area contributed by atoms with E-state index in [0.717, 1.165) is 0 Å². The van der Waals surface area contributed by atoms with Crippen molar-refractivity contribution in [1.29, 1.82) is 0 Å². The Hall–Kier alpha value is -2.11. The summed E-state index contributed by atoms with van der Waals surface area (Å²) in [7, 11) is 0. The highest BCUT2D eigenvalue weighted by molar-refractivity contribution is 5.83. The normalized spacial score (nSPS) is 15.8. The summed E-state index contributed by atoms with van der Waals surface area (Å²) >= 11 is 0. The summed E-state index contributed by atoms with van der Waals surface area (Å²) in [4.78, 5) is 22.0. The second-order valence-electron chi connectivity index (χ2n) is 4.04. The van der Waals surface area contributed by atoms with E-state index in [0.29, 0.717) is 12.8 Å². The zero-order valence-electron chi connectivity index (χ0n) is 9.92. The highest BCUT2D eigenvalue weighted by Crippen LogP contribution is 2.43. The number of para-hydroxylation sites is 2. The van der Waals surface area contributed by atoms with Crippen LogP contribution in [0.5, 0.6) is 5.75 Å². The maximum absolute atomic E-state index is 11.7. The van der Waals surface area contributed by atoms with E-state index in [9.17, 15) is 14.9 Å². The van der Waals surface area contributed by atoms with Crippen molar-refractivity contribution in [2.45, 2.75) is 25.4 Å². The molecule has 1 aliphatic carbocycles. The average Bonchev–Trinajstić information content (AvgIpc) is 3.11. The molecule has 0 aliphatic heterocycles. The van der Waals surface area contributed by atoms with Crippen molar-refractivity contribution in [3.05, 3.63) is 34.4 Å². The number of nitrogens with zero attached hydrogens (tertiary/aromatic N) is 1. The Morgan fingerprint density at radius 2 is 2.11 bits per heavy atom. The van der Waals surface area contributed by atoms with Gasteiger partial charge in [-0.1, -0.05) is 12.1 Å². The van der Waals surface area contributed by atoms with Gasteiger partial charge in [-0.25, -0.2) is 4.79 Å². The van der Waals surface area contributed by atoms with Gasteiger partial charge in [0.15, 0.2) is 5.75 Å². The predicted molar refractivity (Wildman–Crippen MR) is 62.3 cm³/mol. The maximum atomic E-state index is 11.7.